The molecule has 1 aromatic heterocycles. The van der Waals surface area contributed by atoms with E-state index >= 15 is 0 Å². The molecule has 1 aromatic carbocycles. The molecule has 0 atom stereocenters. The molecule has 2 aromatic rings. The molecule has 2 saturated heterocycles. The number of anilines is 2. The van der Waals surface area contributed by atoms with Gasteiger partial charge in [-0.25, -0.2) is 4.98 Å². The fourth-order valence-electron chi connectivity index (χ4n) is 3.75. The number of nitrogens with zero attached hydrogens (tertiary/aromatic N) is 3. The highest BCUT2D eigenvalue weighted by Crippen LogP contribution is 2.33. The average Bonchev–Trinajstić information content (AvgIpc) is 3.17. The zero-order chi connectivity index (χ0) is 19.4. The summed E-state index contributed by atoms with van der Waals surface area (Å²) in [5, 5.41) is 3.49. The van der Waals surface area contributed by atoms with Crippen molar-refractivity contribution < 1.29 is 9.47 Å². The molecule has 6 heteroatoms. The minimum absolute atomic E-state index is 0.383. The Kier molecular flexibility index (Phi) is 5.78. The number of nitrogens with one attached hydrogen (secondary N) is 1. The van der Waals surface area contributed by atoms with Crippen molar-refractivity contribution in [1.82, 2.24) is 9.97 Å². The second-order valence-electron chi connectivity index (χ2n) is 8.01. The third kappa shape index (κ3) is 4.45. The van der Waals surface area contributed by atoms with Gasteiger partial charge in [0.1, 0.15) is 5.82 Å². The van der Waals surface area contributed by atoms with Crippen LogP contribution >= 0.6 is 0 Å². The molecule has 0 unspecified atom stereocenters. The van der Waals surface area contributed by atoms with Gasteiger partial charge in [0.25, 0.3) is 0 Å². The predicted octanol–water partition coefficient (Wildman–Crippen LogP) is 3.94. The van der Waals surface area contributed by atoms with Crippen LogP contribution in [0.15, 0.2) is 36.4 Å². The minimum Gasteiger partial charge on any atom is -0.370 e. The molecule has 2 aliphatic rings. The lowest BCUT2D eigenvalue weighted by molar-refractivity contribution is -0.169. The molecule has 2 aliphatic heterocycles. The van der Waals surface area contributed by atoms with Crippen LogP contribution in [0.3, 0.4) is 0 Å². The maximum Gasteiger partial charge on any atom is 0.227 e. The van der Waals surface area contributed by atoms with Gasteiger partial charge < -0.3 is 19.7 Å². The van der Waals surface area contributed by atoms with Crippen LogP contribution in [-0.4, -0.2) is 48.6 Å². The van der Waals surface area contributed by atoms with E-state index in [-0.39, 0.29) is 5.79 Å². The lowest BCUT2D eigenvalue weighted by Gasteiger charge is -2.37. The van der Waals surface area contributed by atoms with E-state index in [1.165, 1.54) is 0 Å². The van der Waals surface area contributed by atoms with E-state index in [2.05, 4.69) is 36.2 Å². The zero-order valence-corrected chi connectivity index (χ0v) is 16.9. The van der Waals surface area contributed by atoms with E-state index in [4.69, 9.17) is 19.4 Å². The first-order valence-electron chi connectivity index (χ1n) is 10.3. The molecule has 28 heavy (non-hydrogen) atoms. The largest absolute Gasteiger partial charge is 0.370 e. The van der Waals surface area contributed by atoms with Gasteiger partial charge in [-0.3, -0.25) is 0 Å². The van der Waals surface area contributed by atoms with E-state index < -0.39 is 0 Å². The molecule has 0 aliphatic carbocycles. The fourth-order valence-corrected chi connectivity index (χ4v) is 3.75. The van der Waals surface area contributed by atoms with Crippen LogP contribution in [0.2, 0.25) is 0 Å². The average molecular weight is 383 g/mol. The van der Waals surface area contributed by atoms with Gasteiger partial charge in [0.2, 0.25) is 5.95 Å². The Balaban J connectivity index is 1.55. The van der Waals surface area contributed by atoms with Crippen molar-refractivity contribution in [3.8, 4) is 11.3 Å². The Bertz CT molecular complexity index is 765. The molecule has 0 amide bonds. The molecule has 150 valence electrons. The highest BCUT2D eigenvalue weighted by Gasteiger charge is 2.40. The van der Waals surface area contributed by atoms with E-state index in [0.717, 1.165) is 61.9 Å². The molecule has 6 nitrogen and oxygen atoms in total. The van der Waals surface area contributed by atoms with Crippen molar-refractivity contribution >= 4 is 11.8 Å². The number of aromatic nitrogens is 2. The summed E-state index contributed by atoms with van der Waals surface area (Å²) in [6.45, 7) is 8.45. The van der Waals surface area contributed by atoms with Gasteiger partial charge in [-0.05, 0) is 12.3 Å². The Morgan fingerprint density at radius 3 is 2.46 bits per heavy atom. The molecule has 2 fully saturated rings. The van der Waals surface area contributed by atoms with Crippen molar-refractivity contribution in [3.63, 3.8) is 0 Å². The normalized spacial score (nSPS) is 18.8. The van der Waals surface area contributed by atoms with Gasteiger partial charge in [-0.1, -0.05) is 44.2 Å². The third-order valence-electron chi connectivity index (χ3n) is 5.43. The van der Waals surface area contributed by atoms with Gasteiger partial charge in [-0.2, -0.15) is 4.98 Å². The van der Waals surface area contributed by atoms with Crippen molar-refractivity contribution in [2.24, 2.45) is 5.92 Å². The van der Waals surface area contributed by atoms with Gasteiger partial charge in [0, 0.05) is 44.1 Å². The molecule has 0 saturated carbocycles. The molecule has 1 spiro atoms. The van der Waals surface area contributed by atoms with E-state index in [1.807, 2.05) is 24.3 Å². The standard InChI is InChI=1S/C22H30N4O2/c1-17(2)8-11-23-20-16-19(18-6-4-3-5-7-18)24-21(25-20)26-12-9-22(10-13-26)27-14-15-28-22/h3-7,16-17H,8-15H2,1-2H3,(H,23,24,25). The van der Waals surface area contributed by atoms with Crippen LogP contribution < -0.4 is 10.2 Å². The third-order valence-corrected chi connectivity index (χ3v) is 5.43. The van der Waals surface area contributed by atoms with Crippen LogP contribution in [0.1, 0.15) is 33.1 Å². The van der Waals surface area contributed by atoms with Gasteiger partial charge in [0.15, 0.2) is 5.79 Å². The Hall–Kier alpha value is -2.18. The highest BCUT2D eigenvalue weighted by atomic mass is 16.7. The predicted molar refractivity (Wildman–Crippen MR) is 111 cm³/mol. The van der Waals surface area contributed by atoms with Crippen molar-refractivity contribution in [1.29, 1.82) is 0 Å². The lowest BCUT2D eigenvalue weighted by atomic mass is 10.0. The second-order valence-corrected chi connectivity index (χ2v) is 8.01. The number of hydrogen-bond donors (Lipinski definition) is 1. The molecule has 0 radical (unpaired) electrons. The summed E-state index contributed by atoms with van der Waals surface area (Å²) >= 11 is 0. The van der Waals surface area contributed by atoms with Crippen LogP contribution in [0.4, 0.5) is 11.8 Å². The summed E-state index contributed by atoms with van der Waals surface area (Å²) < 4.78 is 11.7. The van der Waals surface area contributed by atoms with Crippen molar-refractivity contribution in [2.75, 3.05) is 43.1 Å². The summed E-state index contributed by atoms with van der Waals surface area (Å²) in [4.78, 5) is 11.9. The van der Waals surface area contributed by atoms with E-state index in [0.29, 0.717) is 19.1 Å². The summed E-state index contributed by atoms with van der Waals surface area (Å²) in [5.41, 5.74) is 2.06. The van der Waals surface area contributed by atoms with Gasteiger partial charge in [0.05, 0.1) is 18.9 Å². The molecule has 0 bridgehead atoms. The minimum atomic E-state index is -0.383. The molecule has 3 heterocycles. The summed E-state index contributed by atoms with van der Waals surface area (Å²) in [7, 11) is 0. The molecule has 1 N–H and O–H groups in total. The van der Waals surface area contributed by atoms with Gasteiger partial charge >= 0.3 is 0 Å². The Morgan fingerprint density at radius 1 is 1.07 bits per heavy atom. The first kappa shape index (κ1) is 19.2. The Morgan fingerprint density at radius 2 is 1.79 bits per heavy atom. The second kappa shape index (κ2) is 8.45. The SMILES string of the molecule is CC(C)CCNc1cc(-c2ccccc2)nc(N2CCC3(CC2)OCCO3)n1. The molecular weight excluding hydrogens is 352 g/mol. The number of piperidine rings is 1. The monoisotopic (exact) mass is 382 g/mol. The van der Waals surface area contributed by atoms with Crippen molar-refractivity contribution in [3.05, 3.63) is 36.4 Å². The lowest BCUT2D eigenvalue weighted by Crippen LogP contribution is -2.45. The number of benzene rings is 1. The number of rotatable bonds is 6. The summed E-state index contributed by atoms with van der Waals surface area (Å²) in [6, 6.07) is 12.3. The topological polar surface area (TPSA) is 59.5 Å². The number of ether oxygens (including phenoxy) is 2. The van der Waals surface area contributed by atoms with Crippen molar-refractivity contribution in [2.45, 2.75) is 38.9 Å². The maximum atomic E-state index is 5.86. The molecular formula is C22H30N4O2. The molecule has 4 rings (SSSR count). The van der Waals surface area contributed by atoms with Gasteiger partial charge in [-0.15, -0.1) is 0 Å². The highest BCUT2D eigenvalue weighted by molar-refractivity contribution is 5.64. The summed E-state index contributed by atoms with van der Waals surface area (Å²) in [5.74, 6) is 1.94. The van der Waals surface area contributed by atoms with E-state index in [9.17, 15) is 0 Å². The van der Waals surface area contributed by atoms with Crippen LogP contribution in [0, 0.1) is 5.92 Å². The zero-order valence-electron chi connectivity index (χ0n) is 16.9. The first-order valence-corrected chi connectivity index (χ1v) is 10.3. The van der Waals surface area contributed by atoms with E-state index in [1.54, 1.807) is 0 Å². The van der Waals surface area contributed by atoms with Crippen LogP contribution in [0.5, 0.6) is 0 Å². The Labute approximate surface area is 167 Å². The smallest absolute Gasteiger partial charge is 0.227 e. The summed E-state index contributed by atoms with van der Waals surface area (Å²) in [6.07, 6.45) is 2.81. The maximum absolute atomic E-state index is 5.86. The quantitative estimate of drug-likeness (QED) is 0.816. The number of hydrogen-bond acceptors (Lipinski definition) is 6. The van der Waals surface area contributed by atoms with Crippen LogP contribution in [0.25, 0.3) is 11.3 Å². The fraction of sp³-hybridized carbons (Fsp3) is 0.545. The van der Waals surface area contributed by atoms with Crippen LogP contribution in [-0.2, 0) is 9.47 Å². The first-order chi connectivity index (χ1) is 13.6.